The van der Waals surface area contributed by atoms with Crippen molar-refractivity contribution in [2.75, 3.05) is 13.7 Å². The van der Waals surface area contributed by atoms with Gasteiger partial charge in [0.2, 0.25) is 0 Å². The number of amides is 1. The van der Waals surface area contributed by atoms with E-state index in [0.717, 1.165) is 0 Å². The van der Waals surface area contributed by atoms with Crippen molar-refractivity contribution in [2.24, 2.45) is 5.92 Å². The summed E-state index contributed by atoms with van der Waals surface area (Å²) in [4.78, 5) is 34.3. The first-order chi connectivity index (χ1) is 12.4. The lowest BCUT2D eigenvalue weighted by Gasteiger charge is -2.26. The van der Waals surface area contributed by atoms with Crippen LogP contribution in [0.15, 0.2) is 12.1 Å². The quantitative estimate of drug-likeness (QED) is 0.560. The summed E-state index contributed by atoms with van der Waals surface area (Å²) in [5, 5.41) is 23.1. The zero-order valence-electron chi connectivity index (χ0n) is 14.7. The van der Waals surface area contributed by atoms with E-state index in [1.165, 1.54) is 19.2 Å². The predicted octanol–water partition coefficient (Wildman–Crippen LogP) is 2.38. The fourth-order valence-electron chi connectivity index (χ4n) is 3.06. The van der Waals surface area contributed by atoms with Crippen LogP contribution in [0.25, 0.3) is 0 Å². The molecule has 0 spiro atoms. The molecule has 0 unspecified atom stereocenters. The molecule has 9 nitrogen and oxygen atoms in total. The second-order valence-electron chi connectivity index (χ2n) is 6.07. The number of carbonyl (C=O) groups excluding carboxylic acids is 1. The van der Waals surface area contributed by atoms with Crippen molar-refractivity contribution in [3.8, 4) is 11.5 Å². The Morgan fingerprint density at radius 3 is 2.42 bits per heavy atom. The number of ether oxygens (including phenoxy) is 2. The maximum Gasteiger partial charge on any atom is 0.306 e. The fraction of sp³-hybridized carbons (Fsp3) is 0.529. The van der Waals surface area contributed by atoms with Crippen LogP contribution >= 0.6 is 0 Å². The minimum absolute atomic E-state index is 0.115. The Hall–Kier alpha value is -2.84. The molecule has 0 bridgehead atoms. The first-order valence-corrected chi connectivity index (χ1v) is 8.40. The van der Waals surface area contributed by atoms with Crippen LogP contribution < -0.4 is 14.8 Å². The van der Waals surface area contributed by atoms with Crippen molar-refractivity contribution < 1.29 is 29.1 Å². The lowest BCUT2D eigenvalue weighted by Crippen LogP contribution is -2.39. The van der Waals surface area contributed by atoms with Crippen molar-refractivity contribution >= 4 is 17.6 Å². The molecule has 0 saturated heterocycles. The Balaban J connectivity index is 2.19. The number of hydrogen-bond acceptors (Lipinski definition) is 6. The van der Waals surface area contributed by atoms with Crippen LogP contribution in [0.2, 0.25) is 0 Å². The molecule has 0 aromatic heterocycles. The van der Waals surface area contributed by atoms with Crippen LogP contribution in [0.5, 0.6) is 11.5 Å². The third-order valence-corrected chi connectivity index (χ3v) is 4.43. The minimum atomic E-state index is -0.832. The molecule has 26 heavy (non-hydrogen) atoms. The molecule has 0 aliphatic heterocycles. The average Bonchev–Trinajstić information content (AvgIpc) is 2.61. The molecule has 0 radical (unpaired) electrons. The summed E-state index contributed by atoms with van der Waals surface area (Å²) in [5.41, 5.74) is -0.485. The van der Waals surface area contributed by atoms with Gasteiger partial charge in [0.25, 0.3) is 11.6 Å². The van der Waals surface area contributed by atoms with Crippen molar-refractivity contribution in [1.82, 2.24) is 5.32 Å². The van der Waals surface area contributed by atoms with E-state index < -0.39 is 22.7 Å². The number of benzene rings is 1. The Bertz CT molecular complexity index is 697. The summed E-state index contributed by atoms with van der Waals surface area (Å²) in [6.07, 6.45) is 1.97. The van der Waals surface area contributed by atoms with Crippen LogP contribution in [0.1, 0.15) is 43.0 Å². The van der Waals surface area contributed by atoms with E-state index in [1.807, 2.05) is 0 Å². The molecular formula is C17H22N2O7. The van der Waals surface area contributed by atoms with Crippen molar-refractivity contribution in [2.45, 2.75) is 38.6 Å². The first kappa shape index (κ1) is 19.5. The Morgan fingerprint density at radius 2 is 1.92 bits per heavy atom. The second kappa shape index (κ2) is 8.50. The Kier molecular flexibility index (Phi) is 6.37. The molecule has 1 amide bonds. The maximum atomic E-state index is 12.6. The third-order valence-electron chi connectivity index (χ3n) is 4.43. The Labute approximate surface area is 150 Å². The highest BCUT2D eigenvalue weighted by Crippen LogP contribution is 2.35. The van der Waals surface area contributed by atoms with Gasteiger partial charge in [-0.1, -0.05) is 0 Å². The van der Waals surface area contributed by atoms with Gasteiger partial charge in [0, 0.05) is 12.1 Å². The van der Waals surface area contributed by atoms with Gasteiger partial charge in [-0.2, -0.15) is 0 Å². The molecule has 0 heterocycles. The molecule has 142 valence electrons. The summed E-state index contributed by atoms with van der Waals surface area (Å²) in [6.45, 7) is 2.03. The van der Waals surface area contributed by atoms with E-state index in [-0.39, 0.29) is 28.8 Å². The molecule has 1 aromatic rings. The highest BCUT2D eigenvalue weighted by Gasteiger charge is 2.29. The van der Waals surface area contributed by atoms with E-state index >= 15 is 0 Å². The van der Waals surface area contributed by atoms with Gasteiger partial charge >= 0.3 is 5.97 Å². The average molecular weight is 366 g/mol. The molecular weight excluding hydrogens is 344 g/mol. The SMILES string of the molecule is CCOc1cc([N+](=O)[O-])c(C(=O)NC2CCC(C(=O)O)CC2)cc1OC. The van der Waals surface area contributed by atoms with Gasteiger partial charge in [-0.3, -0.25) is 19.7 Å². The number of nitrogens with zero attached hydrogens (tertiary/aromatic N) is 1. The summed E-state index contributed by atoms with van der Waals surface area (Å²) >= 11 is 0. The topological polar surface area (TPSA) is 128 Å². The third kappa shape index (κ3) is 4.41. The van der Waals surface area contributed by atoms with E-state index in [1.54, 1.807) is 6.92 Å². The number of hydrogen-bond donors (Lipinski definition) is 2. The zero-order valence-corrected chi connectivity index (χ0v) is 14.7. The first-order valence-electron chi connectivity index (χ1n) is 8.40. The van der Waals surface area contributed by atoms with Crippen LogP contribution in [0.4, 0.5) is 5.69 Å². The fourth-order valence-corrected chi connectivity index (χ4v) is 3.06. The zero-order chi connectivity index (χ0) is 19.3. The van der Waals surface area contributed by atoms with Crippen LogP contribution in [-0.2, 0) is 4.79 Å². The molecule has 2 N–H and O–H groups in total. The summed E-state index contributed by atoms with van der Waals surface area (Å²) in [5.74, 6) is -1.39. The largest absolute Gasteiger partial charge is 0.493 e. The van der Waals surface area contributed by atoms with Gasteiger partial charge in [-0.05, 0) is 32.6 Å². The number of rotatable bonds is 7. The number of carbonyl (C=O) groups is 2. The normalized spacial score (nSPS) is 19.5. The number of nitro groups is 1. The summed E-state index contributed by atoms with van der Waals surface area (Å²) in [6, 6.07) is 2.26. The van der Waals surface area contributed by atoms with Crippen LogP contribution in [0, 0.1) is 16.0 Å². The van der Waals surface area contributed by atoms with Crippen LogP contribution in [-0.4, -0.2) is 41.7 Å². The number of nitrogens with one attached hydrogen (secondary N) is 1. The Morgan fingerprint density at radius 1 is 1.27 bits per heavy atom. The highest BCUT2D eigenvalue weighted by molar-refractivity contribution is 5.99. The van der Waals surface area contributed by atoms with E-state index in [2.05, 4.69) is 5.32 Å². The second-order valence-corrected chi connectivity index (χ2v) is 6.07. The number of methoxy groups -OCH3 is 1. The number of nitro benzene ring substituents is 1. The van der Waals surface area contributed by atoms with Gasteiger partial charge < -0.3 is 19.9 Å². The lowest BCUT2D eigenvalue weighted by molar-refractivity contribution is -0.385. The van der Waals surface area contributed by atoms with E-state index in [4.69, 9.17) is 14.6 Å². The summed E-state index contributed by atoms with van der Waals surface area (Å²) in [7, 11) is 1.39. The van der Waals surface area contributed by atoms with Gasteiger partial charge in [0.15, 0.2) is 11.5 Å². The van der Waals surface area contributed by atoms with Gasteiger partial charge in [0.1, 0.15) is 5.56 Å². The van der Waals surface area contributed by atoms with Gasteiger partial charge in [-0.25, -0.2) is 0 Å². The number of carboxylic acids is 1. The standard InChI is InChI=1S/C17H22N2O7/c1-3-26-15-9-13(19(23)24)12(8-14(15)25-2)16(20)18-11-6-4-10(5-7-11)17(21)22/h8-11H,3-7H2,1-2H3,(H,18,20)(H,21,22). The lowest BCUT2D eigenvalue weighted by atomic mass is 9.86. The highest BCUT2D eigenvalue weighted by atomic mass is 16.6. The molecule has 1 aromatic carbocycles. The van der Waals surface area contributed by atoms with Crippen LogP contribution in [0.3, 0.4) is 0 Å². The minimum Gasteiger partial charge on any atom is -0.493 e. The van der Waals surface area contributed by atoms with Crippen molar-refractivity contribution in [3.63, 3.8) is 0 Å². The molecule has 1 saturated carbocycles. The van der Waals surface area contributed by atoms with E-state index in [0.29, 0.717) is 32.3 Å². The number of aliphatic carboxylic acids is 1. The van der Waals surface area contributed by atoms with Crippen molar-refractivity contribution in [3.05, 3.63) is 27.8 Å². The molecule has 1 aliphatic carbocycles. The molecule has 1 aliphatic rings. The molecule has 0 atom stereocenters. The number of carboxylic acid groups (broad SMARTS) is 1. The maximum absolute atomic E-state index is 12.6. The predicted molar refractivity (Wildman–Crippen MR) is 91.7 cm³/mol. The monoisotopic (exact) mass is 366 g/mol. The van der Waals surface area contributed by atoms with Gasteiger partial charge in [-0.15, -0.1) is 0 Å². The molecule has 1 fully saturated rings. The smallest absolute Gasteiger partial charge is 0.306 e. The van der Waals surface area contributed by atoms with Crippen molar-refractivity contribution in [1.29, 1.82) is 0 Å². The molecule has 9 heteroatoms. The van der Waals surface area contributed by atoms with Gasteiger partial charge in [0.05, 0.1) is 30.6 Å². The molecule has 2 rings (SSSR count). The summed E-state index contributed by atoms with van der Waals surface area (Å²) < 4.78 is 10.5. The van der Waals surface area contributed by atoms with E-state index in [9.17, 15) is 19.7 Å².